The molecular formula is C12H18N2O3. The van der Waals surface area contributed by atoms with E-state index in [1.54, 1.807) is 20.1 Å². The quantitative estimate of drug-likeness (QED) is 0.810. The van der Waals surface area contributed by atoms with Gasteiger partial charge in [-0.15, -0.1) is 0 Å². The highest BCUT2D eigenvalue weighted by Gasteiger charge is 2.29. The fourth-order valence-corrected chi connectivity index (χ4v) is 2.15. The topological polar surface area (TPSA) is 63.5 Å². The molecule has 5 heteroatoms. The van der Waals surface area contributed by atoms with Crippen LogP contribution in [-0.4, -0.2) is 38.3 Å². The summed E-state index contributed by atoms with van der Waals surface area (Å²) in [6, 6.07) is 1.77. The number of ether oxygens (including phenoxy) is 1. The molecule has 0 radical (unpaired) electrons. The molecule has 5 nitrogen and oxygen atoms in total. The summed E-state index contributed by atoms with van der Waals surface area (Å²) in [5.74, 6) is 1.30. The van der Waals surface area contributed by atoms with Crippen LogP contribution in [0.15, 0.2) is 10.5 Å². The Morgan fingerprint density at radius 1 is 1.53 bits per heavy atom. The maximum absolute atomic E-state index is 12.0. The summed E-state index contributed by atoms with van der Waals surface area (Å²) in [5, 5.41) is 6.15. The molecule has 0 bridgehead atoms. The Hall–Kier alpha value is -1.33. The van der Waals surface area contributed by atoms with Crippen LogP contribution in [0.4, 0.5) is 0 Å². The van der Waals surface area contributed by atoms with E-state index in [0.717, 1.165) is 18.8 Å². The number of amides is 1. The van der Waals surface area contributed by atoms with E-state index in [1.807, 2.05) is 6.92 Å². The van der Waals surface area contributed by atoms with Crippen molar-refractivity contribution in [2.45, 2.75) is 26.0 Å². The summed E-state index contributed by atoms with van der Waals surface area (Å²) < 4.78 is 10.6. The van der Waals surface area contributed by atoms with Crippen molar-refractivity contribution in [3.05, 3.63) is 23.2 Å². The maximum atomic E-state index is 12.0. The van der Waals surface area contributed by atoms with Crippen LogP contribution in [0.25, 0.3) is 0 Å². The molecule has 2 N–H and O–H groups in total. The van der Waals surface area contributed by atoms with Gasteiger partial charge < -0.3 is 19.8 Å². The second-order valence-electron chi connectivity index (χ2n) is 4.34. The number of hydrogen-bond donors (Lipinski definition) is 2. The van der Waals surface area contributed by atoms with E-state index in [-0.39, 0.29) is 18.1 Å². The molecule has 1 amide bonds. The summed E-state index contributed by atoms with van der Waals surface area (Å²) in [5.41, 5.74) is 0.601. The number of carbonyl (C=O) groups excluding carboxylic acids is 1. The molecule has 0 saturated carbocycles. The summed E-state index contributed by atoms with van der Waals surface area (Å²) >= 11 is 0. The summed E-state index contributed by atoms with van der Waals surface area (Å²) in [6.07, 6.45) is 0.0345. The number of rotatable bonds is 3. The van der Waals surface area contributed by atoms with Crippen molar-refractivity contribution in [1.82, 2.24) is 10.6 Å². The first-order chi connectivity index (χ1) is 8.11. The summed E-state index contributed by atoms with van der Waals surface area (Å²) in [6.45, 7) is 5.13. The van der Waals surface area contributed by atoms with Crippen molar-refractivity contribution in [1.29, 1.82) is 0 Å². The monoisotopic (exact) mass is 238 g/mol. The van der Waals surface area contributed by atoms with E-state index in [0.29, 0.717) is 11.3 Å². The predicted molar refractivity (Wildman–Crippen MR) is 63.1 cm³/mol. The van der Waals surface area contributed by atoms with Gasteiger partial charge in [0.05, 0.1) is 17.7 Å². The van der Waals surface area contributed by atoms with Crippen molar-refractivity contribution in [2.24, 2.45) is 0 Å². The van der Waals surface area contributed by atoms with Crippen LogP contribution >= 0.6 is 0 Å². The zero-order valence-corrected chi connectivity index (χ0v) is 10.4. The molecule has 1 aliphatic rings. The van der Waals surface area contributed by atoms with Gasteiger partial charge in [0, 0.05) is 20.2 Å². The zero-order chi connectivity index (χ0) is 12.4. The van der Waals surface area contributed by atoms with Crippen LogP contribution in [0.2, 0.25) is 0 Å². The largest absolute Gasteiger partial charge is 0.466 e. The lowest BCUT2D eigenvalue weighted by Gasteiger charge is -2.18. The molecule has 0 aromatic carbocycles. The molecule has 2 rings (SSSR count). The van der Waals surface area contributed by atoms with Gasteiger partial charge in [0.15, 0.2) is 0 Å². The number of nitrogens with one attached hydrogen (secondary N) is 2. The molecule has 1 fully saturated rings. The van der Waals surface area contributed by atoms with E-state index in [1.165, 1.54) is 0 Å². The highest BCUT2D eigenvalue weighted by Crippen LogP contribution is 2.14. The molecule has 1 aliphatic heterocycles. The minimum Gasteiger partial charge on any atom is -0.466 e. The first-order valence-electron chi connectivity index (χ1n) is 5.73. The molecule has 1 aromatic rings. The zero-order valence-electron chi connectivity index (χ0n) is 10.4. The van der Waals surface area contributed by atoms with Crippen molar-refractivity contribution in [3.8, 4) is 0 Å². The Morgan fingerprint density at radius 2 is 2.29 bits per heavy atom. The highest BCUT2D eigenvalue weighted by atomic mass is 16.5. The highest BCUT2D eigenvalue weighted by molar-refractivity contribution is 5.95. The second kappa shape index (κ2) is 4.89. The lowest BCUT2D eigenvalue weighted by Crippen LogP contribution is -2.43. The first kappa shape index (κ1) is 12.1. The van der Waals surface area contributed by atoms with Gasteiger partial charge in [-0.2, -0.15) is 0 Å². The Balaban J connectivity index is 2.04. The molecular weight excluding hydrogens is 220 g/mol. The molecule has 17 heavy (non-hydrogen) atoms. The lowest BCUT2D eigenvalue weighted by molar-refractivity contribution is 0.0779. The van der Waals surface area contributed by atoms with Gasteiger partial charge in [-0.05, 0) is 19.9 Å². The first-order valence-corrected chi connectivity index (χ1v) is 5.73. The number of carbonyl (C=O) groups is 1. The minimum absolute atomic E-state index is 0.0158. The molecule has 94 valence electrons. The Kier molecular flexibility index (Phi) is 3.49. The van der Waals surface area contributed by atoms with Crippen LogP contribution < -0.4 is 10.6 Å². The summed E-state index contributed by atoms with van der Waals surface area (Å²) in [4.78, 5) is 12.0. The lowest BCUT2D eigenvalue weighted by atomic mass is 10.1. The van der Waals surface area contributed by atoms with E-state index < -0.39 is 0 Å². The van der Waals surface area contributed by atoms with Crippen molar-refractivity contribution < 1.29 is 13.9 Å². The summed E-state index contributed by atoms with van der Waals surface area (Å²) in [7, 11) is 1.66. The Labute approximate surface area is 101 Å². The van der Waals surface area contributed by atoms with Crippen molar-refractivity contribution >= 4 is 5.91 Å². The molecule has 1 unspecified atom stereocenters. The Bertz CT molecular complexity index is 414. The molecule has 2 heterocycles. The van der Waals surface area contributed by atoms with Gasteiger partial charge in [0.25, 0.3) is 5.91 Å². The van der Waals surface area contributed by atoms with Crippen molar-refractivity contribution in [3.63, 3.8) is 0 Å². The van der Waals surface area contributed by atoms with Gasteiger partial charge in [-0.3, -0.25) is 4.79 Å². The smallest absolute Gasteiger partial charge is 0.255 e. The van der Waals surface area contributed by atoms with Gasteiger partial charge in [-0.25, -0.2) is 0 Å². The van der Waals surface area contributed by atoms with Gasteiger partial charge in [-0.1, -0.05) is 0 Å². The standard InChI is InChI=1S/C12H18N2O3/c1-7-4-9(8(2)17-7)12(15)14-10-5-13-6-11(10)16-3/h4,10-11,13H,5-6H2,1-3H3,(H,14,15)/t10?,11-/m1/s1. The van der Waals surface area contributed by atoms with Gasteiger partial charge >= 0.3 is 0 Å². The second-order valence-corrected chi connectivity index (χ2v) is 4.34. The third kappa shape index (κ3) is 2.50. The molecule has 1 saturated heterocycles. The molecule has 0 aliphatic carbocycles. The third-order valence-corrected chi connectivity index (χ3v) is 3.06. The average Bonchev–Trinajstić information content (AvgIpc) is 2.84. The SMILES string of the molecule is CO[C@@H]1CNCC1NC(=O)c1cc(C)oc1C. The van der Waals surface area contributed by atoms with E-state index in [2.05, 4.69) is 10.6 Å². The van der Waals surface area contributed by atoms with Gasteiger partial charge in [0.1, 0.15) is 11.5 Å². The molecule has 0 spiro atoms. The maximum Gasteiger partial charge on any atom is 0.255 e. The number of hydrogen-bond acceptors (Lipinski definition) is 4. The van der Waals surface area contributed by atoms with Crippen molar-refractivity contribution in [2.75, 3.05) is 20.2 Å². The number of furan rings is 1. The predicted octanol–water partition coefficient (Wildman–Crippen LogP) is 0.613. The van der Waals surface area contributed by atoms with Gasteiger partial charge in [0.2, 0.25) is 0 Å². The van der Waals surface area contributed by atoms with Crippen LogP contribution in [0.3, 0.4) is 0 Å². The average molecular weight is 238 g/mol. The van der Waals surface area contributed by atoms with E-state index in [9.17, 15) is 4.79 Å². The van der Waals surface area contributed by atoms with Crippen LogP contribution in [0.1, 0.15) is 21.9 Å². The minimum atomic E-state index is -0.102. The van der Waals surface area contributed by atoms with Crippen LogP contribution in [0, 0.1) is 13.8 Å². The molecule has 2 atom stereocenters. The van der Waals surface area contributed by atoms with Crippen LogP contribution in [0.5, 0.6) is 0 Å². The fraction of sp³-hybridized carbons (Fsp3) is 0.583. The third-order valence-electron chi connectivity index (χ3n) is 3.06. The van der Waals surface area contributed by atoms with Crippen LogP contribution in [-0.2, 0) is 4.74 Å². The molecule has 1 aromatic heterocycles. The fourth-order valence-electron chi connectivity index (χ4n) is 2.15. The van der Waals surface area contributed by atoms with E-state index >= 15 is 0 Å². The van der Waals surface area contributed by atoms with E-state index in [4.69, 9.17) is 9.15 Å². The normalized spacial score (nSPS) is 23.9. The Morgan fingerprint density at radius 3 is 2.88 bits per heavy atom. The number of methoxy groups -OCH3 is 1. The number of aryl methyl sites for hydroxylation is 2.